The first-order chi connectivity index (χ1) is 8.43. The molecule has 2 nitrogen and oxygen atoms in total. The predicted octanol–water partition coefficient (Wildman–Crippen LogP) is 2.64. The van der Waals surface area contributed by atoms with Gasteiger partial charge >= 0.3 is 0 Å². The molecule has 2 unspecified atom stereocenters. The molecule has 2 aliphatic heterocycles. The molecule has 17 heavy (non-hydrogen) atoms. The molecule has 3 fully saturated rings. The third-order valence-corrected chi connectivity index (χ3v) is 5.34. The lowest BCUT2D eigenvalue weighted by Gasteiger charge is -2.38. The number of nitrogens with zero attached hydrogens (tertiary/aromatic N) is 1. The highest BCUT2D eigenvalue weighted by molar-refractivity contribution is 4.92. The molecule has 1 N–H and O–H groups in total. The van der Waals surface area contributed by atoms with Crippen molar-refractivity contribution in [2.45, 2.75) is 57.4 Å². The van der Waals surface area contributed by atoms with Gasteiger partial charge in [-0.05, 0) is 50.7 Å². The van der Waals surface area contributed by atoms with E-state index in [1.165, 1.54) is 77.5 Å². The van der Waals surface area contributed by atoms with E-state index < -0.39 is 0 Å². The molecule has 2 saturated heterocycles. The second kappa shape index (κ2) is 5.71. The highest BCUT2D eigenvalue weighted by atomic mass is 15.2. The van der Waals surface area contributed by atoms with E-state index in [1.807, 2.05) is 0 Å². The monoisotopic (exact) mass is 236 g/mol. The van der Waals surface area contributed by atoms with E-state index in [0.29, 0.717) is 0 Å². The Balaban J connectivity index is 1.47. The maximum Gasteiger partial charge on any atom is 0.0260 e. The number of hydrogen-bond donors (Lipinski definition) is 1. The maximum absolute atomic E-state index is 3.59. The van der Waals surface area contributed by atoms with Crippen molar-refractivity contribution in [3.05, 3.63) is 0 Å². The summed E-state index contributed by atoms with van der Waals surface area (Å²) in [6.45, 7) is 5.29. The Morgan fingerprint density at radius 1 is 0.941 bits per heavy atom. The molecule has 3 aliphatic rings. The minimum absolute atomic E-state index is 0.882. The van der Waals surface area contributed by atoms with Crippen molar-refractivity contribution in [1.82, 2.24) is 10.2 Å². The predicted molar refractivity (Wildman–Crippen MR) is 72.1 cm³/mol. The average Bonchev–Trinajstić information content (AvgIpc) is 2.86. The molecule has 0 spiro atoms. The van der Waals surface area contributed by atoms with Gasteiger partial charge in [0.05, 0.1) is 0 Å². The van der Waals surface area contributed by atoms with Gasteiger partial charge in [0.2, 0.25) is 0 Å². The standard InChI is InChI=1S/C15H28N2/c1-2-5-13(6-3-1)8-10-17-9-4-7-14-11-16-12-15(14)17/h13-16H,1-12H2. The minimum Gasteiger partial charge on any atom is -0.315 e. The van der Waals surface area contributed by atoms with Crippen molar-refractivity contribution in [3.8, 4) is 0 Å². The summed E-state index contributed by atoms with van der Waals surface area (Å²) in [5.74, 6) is 2.02. The minimum atomic E-state index is 0.882. The number of hydrogen-bond acceptors (Lipinski definition) is 2. The molecule has 0 bridgehead atoms. The fourth-order valence-electron chi connectivity index (χ4n) is 4.27. The molecule has 2 heteroatoms. The summed E-state index contributed by atoms with van der Waals surface area (Å²) in [5.41, 5.74) is 0. The Kier molecular flexibility index (Phi) is 4.02. The third-order valence-electron chi connectivity index (χ3n) is 5.34. The molecular weight excluding hydrogens is 208 g/mol. The number of nitrogens with one attached hydrogen (secondary N) is 1. The topological polar surface area (TPSA) is 15.3 Å². The molecule has 0 radical (unpaired) electrons. The largest absolute Gasteiger partial charge is 0.315 e. The average molecular weight is 236 g/mol. The van der Waals surface area contributed by atoms with Crippen molar-refractivity contribution < 1.29 is 0 Å². The Bertz CT molecular complexity index is 235. The molecule has 98 valence electrons. The highest BCUT2D eigenvalue weighted by Gasteiger charge is 2.34. The normalized spacial score (nSPS) is 36.0. The lowest BCUT2D eigenvalue weighted by atomic mass is 9.86. The van der Waals surface area contributed by atoms with Gasteiger partial charge < -0.3 is 5.32 Å². The summed E-state index contributed by atoms with van der Waals surface area (Å²) in [7, 11) is 0. The highest BCUT2D eigenvalue weighted by Crippen LogP contribution is 2.30. The second-order valence-corrected chi connectivity index (χ2v) is 6.46. The molecule has 0 amide bonds. The first-order valence-electron chi connectivity index (χ1n) is 7.88. The van der Waals surface area contributed by atoms with Gasteiger partial charge in [0.25, 0.3) is 0 Å². The zero-order chi connectivity index (χ0) is 11.5. The van der Waals surface area contributed by atoms with Gasteiger partial charge in [0, 0.05) is 12.6 Å². The fourth-order valence-corrected chi connectivity index (χ4v) is 4.27. The lowest BCUT2D eigenvalue weighted by molar-refractivity contribution is 0.113. The molecule has 1 aliphatic carbocycles. The summed E-state index contributed by atoms with van der Waals surface area (Å²) in [5, 5.41) is 3.59. The van der Waals surface area contributed by atoms with Crippen LogP contribution in [-0.4, -0.2) is 37.1 Å². The molecule has 2 atom stereocenters. The zero-order valence-electron chi connectivity index (χ0n) is 11.2. The molecule has 2 heterocycles. The van der Waals surface area contributed by atoms with Crippen molar-refractivity contribution in [1.29, 1.82) is 0 Å². The van der Waals surface area contributed by atoms with Crippen LogP contribution in [0.25, 0.3) is 0 Å². The first-order valence-corrected chi connectivity index (χ1v) is 7.88. The smallest absolute Gasteiger partial charge is 0.0260 e. The van der Waals surface area contributed by atoms with Crippen LogP contribution in [0.15, 0.2) is 0 Å². The Morgan fingerprint density at radius 3 is 2.71 bits per heavy atom. The van der Waals surface area contributed by atoms with E-state index >= 15 is 0 Å². The molecule has 0 aromatic carbocycles. The second-order valence-electron chi connectivity index (χ2n) is 6.46. The molecule has 1 saturated carbocycles. The van der Waals surface area contributed by atoms with Gasteiger partial charge in [-0.25, -0.2) is 0 Å². The van der Waals surface area contributed by atoms with Crippen LogP contribution < -0.4 is 5.32 Å². The van der Waals surface area contributed by atoms with E-state index in [-0.39, 0.29) is 0 Å². The van der Waals surface area contributed by atoms with Gasteiger partial charge in [-0.1, -0.05) is 32.1 Å². The van der Waals surface area contributed by atoms with Crippen LogP contribution >= 0.6 is 0 Å². The number of fused-ring (bicyclic) bond motifs is 1. The molecule has 0 aromatic rings. The number of rotatable bonds is 3. The summed E-state index contributed by atoms with van der Waals surface area (Å²) in [6.07, 6.45) is 11.9. The van der Waals surface area contributed by atoms with Crippen molar-refractivity contribution in [2.75, 3.05) is 26.2 Å². The zero-order valence-corrected chi connectivity index (χ0v) is 11.2. The fraction of sp³-hybridized carbons (Fsp3) is 1.00. The summed E-state index contributed by atoms with van der Waals surface area (Å²) in [4.78, 5) is 2.81. The van der Waals surface area contributed by atoms with E-state index in [2.05, 4.69) is 10.2 Å². The van der Waals surface area contributed by atoms with Crippen molar-refractivity contribution >= 4 is 0 Å². The van der Waals surface area contributed by atoms with Crippen molar-refractivity contribution in [3.63, 3.8) is 0 Å². The van der Waals surface area contributed by atoms with Gasteiger partial charge in [-0.2, -0.15) is 0 Å². The summed E-state index contributed by atoms with van der Waals surface area (Å²) >= 11 is 0. The summed E-state index contributed by atoms with van der Waals surface area (Å²) < 4.78 is 0. The van der Waals surface area contributed by atoms with E-state index in [9.17, 15) is 0 Å². The van der Waals surface area contributed by atoms with E-state index in [1.54, 1.807) is 0 Å². The lowest BCUT2D eigenvalue weighted by Crippen LogP contribution is -2.45. The van der Waals surface area contributed by atoms with Gasteiger partial charge in [0.15, 0.2) is 0 Å². The molecular formula is C15H28N2. The summed E-state index contributed by atoms with van der Waals surface area (Å²) in [6, 6.07) is 0.882. The van der Waals surface area contributed by atoms with E-state index in [4.69, 9.17) is 0 Å². The Hall–Kier alpha value is -0.0800. The van der Waals surface area contributed by atoms with Crippen LogP contribution in [0.5, 0.6) is 0 Å². The maximum atomic E-state index is 3.59. The van der Waals surface area contributed by atoms with Gasteiger partial charge in [-0.3, -0.25) is 4.90 Å². The van der Waals surface area contributed by atoms with Crippen LogP contribution in [0.3, 0.4) is 0 Å². The van der Waals surface area contributed by atoms with Crippen LogP contribution in [0, 0.1) is 11.8 Å². The quantitative estimate of drug-likeness (QED) is 0.810. The van der Waals surface area contributed by atoms with Gasteiger partial charge in [0.1, 0.15) is 0 Å². The number of likely N-dealkylation sites (tertiary alicyclic amines) is 1. The SMILES string of the molecule is C1CCC(CCN2CCCC3CNCC32)CC1. The van der Waals surface area contributed by atoms with Gasteiger partial charge in [-0.15, -0.1) is 0 Å². The molecule has 0 aromatic heterocycles. The van der Waals surface area contributed by atoms with Crippen LogP contribution in [0.2, 0.25) is 0 Å². The van der Waals surface area contributed by atoms with Crippen LogP contribution in [0.1, 0.15) is 51.4 Å². The first kappa shape index (κ1) is 12.0. The number of piperidine rings is 1. The third kappa shape index (κ3) is 2.85. The van der Waals surface area contributed by atoms with Crippen molar-refractivity contribution in [2.24, 2.45) is 11.8 Å². The van der Waals surface area contributed by atoms with Crippen LogP contribution in [-0.2, 0) is 0 Å². The van der Waals surface area contributed by atoms with E-state index in [0.717, 1.165) is 17.9 Å². The van der Waals surface area contributed by atoms with Crippen LogP contribution in [0.4, 0.5) is 0 Å². The molecule has 3 rings (SSSR count). The Labute approximate surface area is 106 Å². The Morgan fingerprint density at radius 2 is 1.82 bits per heavy atom.